The van der Waals surface area contributed by atoms with Gasteiger partial charge in [0, 0.05) is 0 Å². The summed E-state index contributed by atoms with van der Waals surface area (Å²) in [6, 6.07) is 9.75. The SMILES string of the molecule is CC(C)c1n(CCOC(=O)C(OC2CCCCCC2)c2ccccc2)cc[n+]1C.[I-]. The lowest BCUT2D eigenvalue weighted by atomic mass is 10.1. The molecule has 1 aliphatic rings. The van der Waals surface area contributed by atoms with Crippen LogP contribution in [-0.2, 0) is 27.9 Å². The Labute approximate surface area is 197 Å². The van der Waals surface area contributed by atoms with E-state index in [-0.39, 0.29) is 36.0 Å². The maximum atomic E-state index is 13.0. The number of carbonyl (C=O) groups excluding carboxylic acids is 1. The van der Waals surface area contributed by atoms with E-state index in [9.17, 15) is 4.79 Å². The van der Waals surface area contributed by atoms with E-state index in [0.29, 0.717) is 19.1 Å². The number of imidazole rings is 1. The number of nitrogens with zero attached hydrogens (tertiary/aromatic N) is 2. The molecule has 166 valence electrons. The first-order valence-electron chi connectivity index (χ1n) is 11.0. The highest BCUT2D eigenvalue weighted by Crippen LogP contribution is 2.27. The highest BCUT2D eigenvalue weighted by atomic mass is 127. The van der Waals surface area contributed by atoms with E-state index < -0.39 is 6.10 Å². The molecule has 1 aromatic carbocycles. The molecule has 0 bridgehead atoms. The molecule has 0 saturated heterocycles. The van der Waals surface area contributed by atoms with Crippen molar-refractivity contribution in [3.63, 3.8) is 0 Å². The predicted octanol–water partition coefficient (Wildman–Crippen LogP) is 1.46. The van der Waals surface area contributed by atoms with Crippen molar-refractivity contribution in [1.29, 1.82) is 0 Å². The molecule has 1 heterocycles. The van der Waals surface area contributed by atoms with Gasteiger partial charge in [-0.3, -0.25) is 0 Å². The van der Waals surface area contributed by atoms with Gasteiger partial charge < -0.3 is 33.5 Å². The number of carbonyl (C=O) groups is 1. The highest BCUT2D eigenvalue weighted by Gasteiger charge is 2.28. The summed E-state index contributed by atoms with van der Waals surface area (Å²) in [6.45, 7) is 5.32. The molecule has 6 heteroatoms. The van der Waals surface area contributed by atoms with Gasteiger partial charge in [-0.15, -0.1) is 0 Å². The molecule has 3 rings (SSSR count). The summed E-state index contributed by atoms with van der Waals surface area (Å²) in [5.41, 5.74) is 0.872. The third kappa shape index (κ3) is 6.80. The summed E-state index contributed by atoms with van der Waals surface area (Å²) in [5, 5.41) is 0. The average Bonchev–Trinajstić information content (AvgIpc) is 2.91. The maximum absolute atomic E-state index is 13.0. The molecule has 1 atom stereocenters. The second-order valence-corrected chi connectivity index (χ2v) is 8.32. The van der Waals surface area contributed by atoms with Gasteiger partial charge in [-0.2, -0.15) is 0 Å². The summed E-state index contributed by atoms with van der Waals surface area (Å²) in [7, 11) is 2.05. The van der Waals surface area contributed by atoms with E-state index >= 15 is 0 Å². The van der Waals surface area contributed by atoms with Crippen LogP contribution in [0, 0.1) is 0 Å². The van der Waals surface area contributed by atoms with Gasteiger partial charge in [0.15, 0.2) is 6.10 Å². The van der Waals surface area contributed by atoms with Gasteiger partial charge in [-0.1, -0.05) is 69.9 Å². The van der Waals surface area contributed by atoms with Crippen molar-refractivity contribution < 1.29 is 42.8 Å². The van der Waals surface area contributed by atoms with Gasteiger partial charge in [0.1, 0.15) is 25.5 Å². The number of hydrogen-bond acceptors (Lipinski definition) is 3. The molecule has 1 saturated carbocycles. The minimum absolute atomic E-state index is 0. The van der Waals surface area contributed by atoms with Crippen LogP contribution in [0.3, 0.4) is 0 Å². The fourth-order valence-corrected chi connectivity index (χ4v) is 4.25. The zero-order valence-corrected chi connectivity index (χ0v) is 20.6. The van der Waals surface area contributed by atoms with Crippen LogP contribution in [0.15, 0.2) is 42.7 Å². The van der Waals surface area contributed by atoms with E-state index in [4.69, 9.17) is 9.47 Å². The molecule has 30 heavy (non-hydrogen) atoms. The van der Waals surface area contributed by atoms with Crippen molar-refractivity contribution in [2.45, 2.75) is 77.0 Å². The van der Waals surface area contributed by atoms with Crippen molar-refractivity contribution in [2.75, 3.05) is 6.61 Å². The molecule has 1 aliphatic carbocycles. The monoisotopic (exact) mass is 526 g/mol. The molecule has 1 unspecified atom stereocenters. The van der Waals surface area contributed by atoms with Crippen LogP contribution in [0.1, 0.15) is 75.8 Å². The zero-order chi connectivity index (χ0) is 20.6. The fraction of sp³-hybridized carbons (Fsp3) is 0.583. The smallest absolute Gasteiger partial charge is 0.340 e. The largest absolute Gasteiger partial charge is 1.00 e. The normalized spacial score (nSPS) is 16.0. The Kier molecular flexibility index (Phi) is 10.3. The summed E-state index contributed by atoms with van der Waals surface area (Å²) >= 11 is 0. The van der Waals surface area contributed by atoms with Crippen molar-refractivity contribution >= 4 is 5.97 Å². The first kappa shape index (κ1) is 24.9. The number of rotatable bonds is 8. The molecular weight excluding hydrogens is 491 g/mol. The van der Waals surface area contributed by atoms with Crippen molar-refractivity contribution in [3.8, 4) is 0 Å². The molecular formula is C24H35IN2O3. The Morgan fingerprint density at radius 3 is 2.43 bits per heavy atom. The quantitative estimate of drug-likeness (QED) is 0.227. The third-order valence-corrected chi connectivity index (χ3v) is 5.67. The Morgan fingerprint density at radius 1 is 1.13 bits per heavy atom. The van der Waals surface area contributed by atoms with Crippen molar-refractivity contribution in [1.82, 2.24) is 4.57 Å². The second kappa shape index (κ2) is 12.4. The minimum Gasteiger partial charge on any atom is -1.00 e. The molecule has 1 aromatic heterocycles. The second-order valence-electron chi connectivity index (χ2n) is 8.32. The number of esters is 1. The van der Waals surface area contributed by atoms with Gasteiger partial charge in [0.25, 0.3) is 5.82 Å². The van der Waals surface area contributed by atoms with Crippen LogP contribution < -0.4 is 28.5 Å². The molecule has 0 N–H and O–H groups in total. The van der Waals surface area contributed by atoms with Crippen LogP contribution in [0.5, 0.6) is 0 Å². The number of aromatic nitrogens is 2. The van der Waals surface area contributed by atoms with Crippen LogP contribution in [0.25, 0.3) is 0 Å². The number of halogens is 1. The summed E-state index contributed by atoms with van der Waals surface area (Å²) < 4.78 is 16.3. The number of aryl methyl sites for hydroxylation is 1. The zero-order valence-electron chi connectivity index (χ0n) is 18.4. The van der Waals surface area contributed by atoms with Crippen LogP contribution in [-0.4, -0.2) is 23.2 Å². The van der Waals surface area contributed by atoms with E-state index in [1.54, 1.807) is 0 Å². The molecule has 0 spiro atoms. The molecule has 0 amide bonds. The van der Waals surface area contributed by atoms with E-state index in [1.165, 1.54) is 31.5 Å². The molecule has 0 radical (unpaired) electrons. The summed E-state index contributed by atoms with van der Waals surface area (Å²) in [4.78, 5) is 13.0. The average molecular weight is 526 g/mol. The number of benzene rings is 1. The van der Waals surface area contributed by atoms with Gasteiger partial charge in [-0.05, 0) is 18.4 Å². The Balaban J connectivity index is 0.00000320. The standard InChI is InChI=1S/C24H35N2O3.HI/c1-19(2)23-25(3)15-16-26(23)17-18-28-24(27)22(20-11-7-6-8-12-20)29-21-13-9-4-5-10-14-21;/h6-8,11-12,15-16,19,21-22H,4-5,9-10,13-14,17-18H2,1-3H3;1H/q+1;/p-1. The van der Waals surface area contributed by atoms with Crippen molar-refractivity contribution in [2.24, 2.45) is 7.05 Å². The number of ether oxygens (including phenoxy) is 2. The molecule has 0 aliphatic heterocycles. The fourth-order valence-electron chi connectivity index (χ4n) is 4.25. The first-order valence-corrected chi connectivity index (χ1v) is 11.0. The Morgan fingerprint density at radius 2 is 1.80 bits per heavy atom. The van der Waals surface area contributed by atoms with Crippen LogP contribution in [0.4, 0.5) is 0 Å². The first-order chi connectivity index (χ1) is 14.1. The van der Waals surface area contributed by atoms with Gasteiger partial charge in [-0.25, -0.2) is 13.9 Å². The Hall–Kier alpha value is -1.41. The van der Waals surface area contributed by atoms with Crippen molar-refractivity contribution in [3.05, 3.63) is 54.1 Å². The highest BCUT2D eigenvalue weighted by molar-refractivity contribution is 5.76. The molecule has 1 fully saturated rings. The lowest BCUT2D eigenvalue weighted by molar-refractivity contribution is -0.680. The predicted molar refractivity (Wildman–Crippen MR) is 112 cm³/mol. The lowest BCUT2D eigenvalue weighted by Gasteiger charge is -2.23. The van der Waals surface area contributed by atoms with Crippen LogP contribution in [0.2, 0.25) is 0 Å². The number of hydrogen-bond donors (Lipinski definition) is 0. The van der Waals surface area contributed by atoms with E-state index in [2.05, 4.69) is 23.0 Å². The van der Waals surface area contributed by atoms with Gasteiger partial charge in [0.2, 0.25) is 0 Å². The summed E-state index contributed by atoms with van der Waals surface area (Å²) in [5.74, 6) is 1.33. The Bertz CT molecular complexity index is 768. The van der Waals surface area contributed by atoms with Gasteiger partial charge in [0.05, 0.1) is 19.1 Å². The third-order valence-electron chi connectivity index (χ3n) is 5.67. The summed E-state index contributed by atoms with van der Waals surface area (Å²) in [6.07, 6.45) is 10.5. The van der Waals surface area contributed by atoms with E-state index in [1.807, 2.05) is 49.8 Å². The molecule has 5 nitrogen and oxygen atoms in total. The van der Waals surface area contributed by atoms with Crippen LogP contribution >= 0.6 is 0 Å². The van der Waals surface area contributed by atoms with E-state index in [0.717, 1.165) is 18.4 Å². The minimum atomic E-state index is -0.648. The van der Waals surface area contributed by atoms with Gasteiger partial charge >= 0.3 is 5.97 Å². The lowest BCUT2D eigenvalue weighted by Crippen LogP contribution is -3.00. The topological polar surface area (TPSA) is 44.3 Å². The maximum Gasteiger partial charge on any atom is 0.340 e. The molecule has 2 aromatic rings.